The highest BCUT2D eigenvalue weighted by Crippen LogP contribution is 2.22. The van der Waals surface area contributed by atoms with Crippen LogP contribution in [0.25, 0.3) is 0 Å². The smallest absolute Gasteiger partial charge is 0.261 e. The van der Waals surface area contributed by atoms with Gasteiger partial charge in [0, 0.05) is 29.7 Å². The van der Waals surface area contributed by atoms with Crippen LogP contribution >= 0.6 is 11.3 Å². The van der Waals surface area contributed by atoms with E-state index in [-0.39, 0.29) is 5.91 Å². The summed E-state index contributed by atoms with van der Waals surface area (Å²) < 4.78 is 0. The number of hydrogen-bond donors (Lipinski definition) is 2. The first kappa shape index (κ1) is 12.8. The van der Waals surface area contributed by atoms with Crippen molar-refractivity contribution in [1.82, 2.24) is 15.3 Å². The maximum absolute atomic E-state index is 11.9. The zero-order valence-corrected chi connectivity index (χ0v) is 11.4. The topological polar surface area (TPSA) is 57.8 Å². The zero-order chi connectivity index (χ0) is 13.0. The van der Waals surface area contributed by atoms with E-state index in [1.165, 1.54) is 10.4 Å². The highest BCUT2D eigenvalue weighted by Gasteiger charge is 2.10. The van der Waals surface area contributed by atoms with Crippen LogP contribution in [0.3, 0.4) is 0 Å². The Hall–Kier alpha value is -1.62. The molecule has 0 spiro atoms. The van der Waals surface area contributed by atoms with E-state index < -0.39 is 0 Å². The van der Waals surface area contributed by atoms with Gasteiger partial charge in [0.15, 0.2) is 0 Å². The molecule has 0 saturated heterocycles. The van der Waals surface area contributed by atoms with Gasteiger partial charge in [-0.05, 0) is 25.0 Å². The Kier molecular flexibility index (Phi) is 4.15. The maximum atomic E-state index is 11.9. The van der Waals surface area contributed by atoms with Gasteiger partial charge in [-0.3, -0.25) is 4.79 Å². The van der Waals surface area contributed by atoms with Gasteiger partial charge in [0.2, 0.25) is 0 Å². The summed E-state index contributed by atoms with van der Waals surface area (Å²) in [6, 6.07) is 1.97. The molecule has 0 aliphatic rings. The van der Waals surface area contributed by atoms with Gasteiger partial charge >= 0.3 is 0 Å². The summed E-state index contributed by atoms with van der Waals surface area (Å²) in [7, 11) is 0. The number of nitrogens with one attached hydrogen (secondary N) is 2. The van der Waals surface area contributed by atoms with Crippen molar-refractivity contribution in [3.05, 3.63) is 39.6 Å². The van der Waals surface area contributed by atoms with Crippen LogP contribution in [-0.2, 0) is 12.8 Å². The Morgan fingerprint density at radius 2 is 2.39 bits per heavy atom. The van der Waals surface area contributed by atoms with E-state index in [0.717, 1.165) is 23.4 Å². The minimum Gasteiger partial charge on any atom is -0.351 e. The molecule has 0 fully saturated rings. The van der Waals surface area contributed by atoms with Crippen molar-refractivity contribution in [3.63, 3.8) is 0 Å². The number of amides is 1. The second-order valence-corrected chi connectivity index (χ2v) is 5.29. The normalized spacial score (nSPS) is 10.6. The van der Waals surface area contributed by atoms with Crippen molar-refractivity contribution in [3.8, 4) is 0 Å². The predicted molar refractivity (Wildman–Crippen MR) is 73.1 cm³/mol. The molecule has 96 valence electrons. The lowest BCUT2D eigenvalue weighted by Gasteiger charge is -2.01. The SMILES string of the molecule is CCc1sc(C(=O)NCCc2cnc[nH]2)cc1C. The van der Waals surface area contributed by atoms with E-state index in [4.69, 9.17) is 0 Å². The lowest BCUT2D eigenvalue weighted by molar-refractivity contribution is 0.0958. The molecule has 0 radical (unpaired) electrons. The molecular formula is C13H17N3OS. The van der Waals surface area contributed by atoms with Crippen molar-refractivity contribution < 1.29 is 4.79 Å². The minimum atomic E-state index is 0.0160. The summed E-state index contributed by atoms with van der Waals surface area (Å²) in [5.41, 5.74) is 2.24. The Bertz CT molecular complexity index is 516. The van der Waals surface area contributed by atoms with Gasteiger partial charge in [-0.2, -0.15) is 0 Å². The molecule has 0 unspecified atom stereocenters. The van der Waals surface area contributed by atoms with Gasteiger partial charge < -0.3 is 10.3 Å². The number of thiophene rings is 1. The Morgan fingerprint density at radius 3 is 3.00 bits per heavy atom. The molecular weight excluding hydrogens is 246 g/mol. The average molecular weight is 263 g/mol. The number of hydrogen-bond acceptors (Lipinski definition) is 3. The molecule has 2 aromatic rings. The fraction of sp³-hybridized carbons (Fsp3) is 0.385. The van der Waals surface area contributed by atoms with Crippen molar-refractivity contribution in [2.75, 3.05) is 6.54 Å². The first-order chi connectivity index (χ1) is 8.70. The molecule has 0 atom stereocenters. The Labute approximate surface area is 110 Å². The van der Waals surface area contributed by atoms with Crippen LogP contribution in [-0.4, -0.2) is 22.4 Å². The standard InChI is InChI=1S/C13H17N3OS/c1-3-11-9(2)6-12(18-11)13(17)15-5-4-10-7-14-8-16-10/h6-8H,3-5H2,1-2H3,(H,14,16)(H,15,17). The van der Waals surface area contributed by atoms with E-state index in [0.29, 0.717) is 6.54 Å². The van der Waals surface area contributed by atoms with E-state index in [1.54, 1.807) is 23.9 Å². The Balaban J connectivity index is 1.87. The second-order valence-electron chi connectivity index (χ2n) is 4.15. The summed E-state index contributed by atoms with van der Waals surface area (Å²) in [5.74, 6) is 0.0160. The number of H-pyrrole nitrogens is 1. The number of aromatic amines is 1. The summed E-state index contributed by atoms with van der Waals surface area (Å²) in [4.78, 5) is 21.0. The summed E-state index contributed by atoms with van der Waals surface area (Å²) in [6.07, 6.45) is 5.18. The van der Waals surface area contributed by atoms with Crippen LogP contribution in [0.5, 0.6) is 0 Å². The van der Waals surface area contributed by atoms with Crippen LogP contribution < -0.4 is 5.32 Å². The number of aryl methyl sites for hydroxylation is 2. The molecule has 1 amide bonds. The van der Waals surface area contributed by atoms with Crippen LogP contribution in [0.4, 0.5) is 0 Å². The van der Waals surface area contributed by atoms with Gasteiger partial charge in [0.1, 0.15) is 0 Å². The van der Waals surface area contributed by atoms with E-state index in [1.807, 2.05) is 6.07 Å². The highest BCUT2D eigenvalue weighted by atomic mass is 32.1. The molecule has 2 rings (SSSR count). The fourth-order valence-corrected chi connectivity index (χ4v) is 2.83. The molecule has 4 nitrogen and oxygen atoms in total. The first-order valence-corrected chi connectivity index (χ1v) is 6.87. The largest absolute Gasteiger partial charge is 0.351 e. The van der Waals surface area contributed by atoms with Crippen LogP contribution in [0.1, 0.15) is 32.7 Å². The summed E-state index contributed by atoms with van der Waals surface area (Å²) in [5, 5.41) is 2.93. The van der Waals surface area contributed by atoms with Crippen LogP contribution in [0, 0.1) is 6.92 Å². The summed E-state index contributed by atoms with van der Waals surface area (Å²) in [6.45, 7) is 4.79. The monoisotopic (exact) mass is 263 g/mol. The van der Waals surface area contributed by atoms with Gasteiger partial charge in [-0.25, -0.2) is 4.98 Å². The van der Waals surface area contributed by atoms with Gasteiger partial charge in [-0.15, -0.1) is 11.3 Å². The maximum Gasteiger partial charge on any atom is 0.261 e. The molecule has 2 aromatic heterocycles. The molecule has 0 aliphatic carbocycles. The third kappa shape index (κ3) is 2.98. The van der Waals surface area contributed by atoms with Gasteiger partial charge in [0.25, 0.3) is 5.91 Å². The fourth-order valence-electron chi connectivity index (χ4n) is 1.80. The van der Waals surface area contributed by atoms with Crippen molar-refractivity contribution in [1.29, 1.82) is 0 Å². The Morgan fingerprint density at radius 1 is 1.56 bits per heavy atom. The average Bonchev–Trinajstić information content (AvgIpc) is 2.98. The number of carbonyl (C=O) groups excluding carboxylic acids is 1. The molecule has 18 heavy (non-hydrogen) atoms. The van der Waals surface area contributed by atoms with E-state index in [9.17, 15) is 4.79 Å². The quantitative estimate of drug-likeness (QED) is 0.869. The number of imidazole rings is 1. The second kappa shape index (κ2) is 5.82. The molecule has 5 heteroatoms. The van der Waals surface area contributed by atoms with Crippen molar-refractivity contribution in [2.24, 2.45) is 0 Å². The van der Waals surface area contributed by atoms with Crippen LogP contribution in [0.2, 0.25) is 0 Å². The van der Waals surface area contributed by atoms with Crippen LogP contribution in [0.15, 0.2) is 18.6 Å². The van der Waals surface area contributed by atoms with Crippen molar-refractivity contribution >= 4 is 17.2 Å². The predicted octanol–water partition coefficient (Wildman–Crippen LogP) is 2.31. The highest BCUT2D eigenvalue weighted by molar-refractivity contribution is 7.14. The van der Waals surface area contributed by atoms with Gasteiger partial charge in [0.05, 0.1) is 11.2 Å². The van der Waals surface area contributed by atoms with Crippen molar-refractivity contribution in [2.45, 2.75) is 26.7 Å². The lowest BCUT2D eigenvalue weighted by atomic mass is 10.2. The first-order valence-electron chi connectivity index (χ1n) is 6.05. The molecule has 0 saturated carbocycles. The minimum absolute atomic E-state index is 0.0160. The number of aromatic nitrogens is 2. The molecule has 2 N–H and O–H groups in total. The molecule has 2 heterocycles. The third-order valence-corrected chi connectivity index (χ3v) is 4.18. The molecule has 0 aliphatic heterocycles. The summed E-state index contributed by atoms with van der Waals surface area (Å²) >= 11 is 1.58. The number of rotatable bonds is 5. The zero-order valence-electron chi connectivity index (χ0n) is 10.6. The number of carbonyl (C=O) groups is 1. The third-order valence-electron chi connectivity index (χ3n) is 2.80. The van der Waals surface area contributed by atoms with E-state index >= 15 is 0 Å². The molecule has 0 aromatic carbocycles. The lowest BCUT2D eigenvalue weighted by Crippen LogP contribution is -2.24. The van der Waals surface area contributed by atoms with E-state index in [2.05, 4.69) is 29.1 Å². The van der Waals surface area contributed by atoms with Gasteiger partial charge in [-0.1, -0.05) is 6.92 Å². The molecule has 0 bridgehead atoms. The number of nitrogens with zero attached hydrogens (tertiary/aromatic N) is 1.